The maximum absolute atomic E-state index is 6.27. The molecule has 0 spiro atoms. The Hall–Kier alpha value is -0.470. The van der Waals surface area contributed by atoms with E-state index in [-0.39, 0.29) is 6.04 Å². The quantitative estimate of drug-likeness (QED) is 0.773. The molecular formula is C12H14BrIN4. The van der Waals surface area contributed by atoms with Crippen molar-refractivity contribution < 1.29 is 0 Å². The van der Waals surface area contributed by atoms with E-state index in [1.807, 2.05) is 17.7 Å². The Bertz CT molecular complexity index is 541. The van der Waals surface area contributed by atoms with Gasteiger partial charge >= 0.3 is 0 Å². The minimum Gasteiger partial charge on any atom is -0.324 e. The van der Waals surface area contributed by atoms with Crippen molar-refractivity contribution >= 4 is 38.5 Å². The fourth-order valence-corrected chi connectivity index (χ4v) is 2.93. The highest BCUT2D eigenvalue weighted by molar-refractivity contribution is 14.1. The minimum absolute atomic E-state index is 0.0658. The third kappa shape index (κ3) is 3.10. The average Bonchev–Trinajstić information content (AvgIpc) is 2.79. The molecule has 0 amide bonds. The maximum Gasteiger partial charge on any atom is 0.138 e. The fraction of sp³-hybridized carbons (Fsp3) is 0.333. The summed E-state index contributed by atoms with van der Waals surface area (Å²) in [5.74, 6) is 0.931. The number of halogens is 2. The standard InChI is InChI=1S/C12H14BrIN4/c1-2-18-12(16-7-17-18)6-11(15)9-5-8(13)3-4-10(9)14/h3-5,7,11H,2,6,15H2,1H3. The van der Waals surface area contributed by atoms with E-state index in [2.05, 4.69) is 60.7 Å². The molecule has 2 rings (SSSR count). The number of aryl methyl sites for hydroxylation is 1. The lowest BCUT2D eigenvalue weighted by atomic mass is 10.0. The molecule has 0 aliphatic heterocycles. The van der Waals surface area contributed by atoms with Crippen molar-refractivity contribution in [3.05, 3.63) is 44.0 Å². The monoisotopic (exact) mass is 420 g/mol. The lowest BCUT2D eigenvalue weighted by Crippen LogP contribution is -2.18. The Labute approximate surface area is 128 Å². The summed E-state index contributed by atoms with van der Waals surface area (Å²) in [6.07, 6.45) is 2.28. The summed E-state index contributed by atoms with van der Waals surface area (Å²) in [5, 5.41) is 4.16. The van der Waals surface area contributed by atoms with Gasteiger partial charge in [-0.05, 0) is 53.3 Å². The summed E-state index contributed by atoms with van der Waals surface area (Å²) in [4.78, 5) is 4.26. The number of benzene rings is 1. The third-order valence-corrected chi connectivity index (χ3v) is 4.23. The lowest BCUT2D eigenvalue weighted by molar-refractivity contribution is 0.580. The molecule has 0 aliphatic rings. The molecular weight excluding hydrogens is 407 g/mol. The summed E-state index contributed by atoms with van der Waals surface area (Å²) in [6.45, 7) is 2.87. The number of rotatable bonds is 4. The fourth-order valence-electron chi connectivity index (χ4n) is 1.82. The van der Waals surface area contributed by atoms with E-state index in [9.17, 15) is 0 Å². The lowest BCUT2D eigenvalue weighted by Gasteiger charge is -2.14. The van der Waals surface area contributed by atoms with E-state index < -0.39 is 0 Å². The van der Waals surface area contributed by atoms with Crippen LogP contribution in [0.1, 0.15) is 24.4 Å². The molecule has 1 aromatic heterocycles. The Balaban J connectivity index is 2.21. The van der Waals surface area contributed by atoms with Gasteiger partial charge in [0, 0.05) is 27.1 Å². The zero-order chi connectivity index (χ0) is 13.1. The van der Waals surface area contributed by atoms with Crippen LogP contribution in [0.15, 0.2) is 29.0 Å². The summed E-state index contributed by atoms with van der Waals surface area (Å²) >= 11 is 5.79. The summed E-state index contributed by atoms with van der Waals surface area (Å²) < 4.78 is 4.10. The Morgan fingerprint density at radius 2 is 2.28 bits per heavy atom. The van der Waals surface area contributed by atoms with E-state index in [1.54, 1.807) is 6.33 Å². The van der Waals surface area contributed by atoms with Gasteiger partial charge in [0.15, 0.2) is 0 Å². The highest BCUT2D eigenvalue weighted by Crippen LogP contribution is 2.24. The van der Waals surface area contributed by atoms with Gasteiger partial charge in [0.25, 0.3) is 0 Å². The van der Waals surface area contributed by atoms with Gasteiger partial charge in [0.2, 0.25) is 0 Å². The molecule has 1 atom stereocenters. The molecule has 1 unspecified atom stereocenters. The minimum atomic E-state index is -0.0658. The first-order valence-corrected chi connectivity index (χ1v) is 7.56. The van der Waals surface area contributed by atoms with Gasteiger partial charge in [-0.25, -0.2) is 4.98 Å². The SMILES string of the molecule is CCn1ncnc1CC(N)c1cc(Br)ccc1I. The van der Waals surface area contributed by atoms with Crippen LogP contribution in [0.4, 0.5) is 0 Å². The normalized spacial score (nSPS) is 12.7. The van der Waals surface area contributed by atoms with E-state index in [1.165, 1.54) is 3.57 Å². The van der Waals surface area contributed by atoms with Crippen LogP contribution in [-0.4, -0.2) is 14.8 Å². The first-order chi connectivity index (χ1) is 8.61. The molecule has 2 aromatic rings. The molecule has 96 valence electrons. The molecule has 1 aromatic carbocycles. The Morgan fingerprint density at radius 1 is 1.50 bits per heavy atom. The molecule has 0 fully saturated rings. The second-order valence-corrected chi connectivity index (χ2v) is 6.05. The Morgan fingerprint density at radius 3 is 3.00 bits per heavy atom. The van der Waals surface area contributed by atoms with E-state index in [0.29, 0.717) is 6.42 Å². The van der Waals surface area contributed by atoms with E-state index in [0.717, 1.165) is 22.4 Å². The van der Waals surface area contributed by atoms with Gasteiger partial charge in [-0.1, -0.05) is 15.9 Å². The number of aromatic nitrogens is 3. The number of nitrogens with zero attached hydrogens (tertiary/aromatic N) is 3. The topological polar surface area (TPSA) is 56.7 Å². The van der Waals surface area contributed by atoms with Crippen LogP contribution in [0.5, 0.6) is 0 Å². The predicted molar refractivity (Wildman–Crippen MR) is 83.2 cm³/mol. The van der Waals surface area contributed by atoms with Crippen molar-refractivity contribution in [1.29, 1.82) is 0 Å². The summed E-state index contributed by atoms with van der Waals surface area (Å²) in [5.41, 5.74) is 7.41. The zero-order valence-corrected chi connectivity index (χ0v) is 13.7. The van der Waals surface area contributed by atoms with Gasteiger partial charge in [-0.3, -0.25) is 4.68 Å². The molecule has 0 radical (unpaired) electrons. The van der Waals surface area contributed by atoms with Crippen molar-refractivity contribution in [2.45, 2.75) is 25.9 Å². The Kier molecular flexibility index (Phi) is 4.74. The molecule has 0 saturated carbocycles. The molecule has 18 heavy (non-hydrogen) atoms. The third-order valence-electron chi connectivity index (χ3n) is 2.76. The van der Waals surface area contributed by atoms with Crippen molar-refractivity contribution in [2.75, 3.05) is 0 Å². The molecule has 1 heterocycles. The summed E-state index contributed by atoms with van der Waals surface area (Å²) in [6, 6.07) is 6.08. The molecule has 0 bridgehead atoms. The highest BCUT2D eigenvalue weighted by Gasteiger charge is 2.14. The molecule has 0 saturated heterocycles. The van der Waals surface area contributed by atoms with Gasteiger partial charge in [-0.15, -0.1) is 0 Å². The second kappa shape index (κ2) is 6.12. The maximum atomic E-state index is 6.27. The van der Waals surface area contributed by atoms with Crippen LogP contribution in [0, 0.1) is 3.57 Å². The number of hydrogen-bond donors (Lipinski definition) is 1. The molecule has 0 aliphatic carbocycles. The first-order valence-electron chi connectivity index (χ1n) is 5.69. The van der Waals surface area contributed by atoms with Gasteiger partial charge in [-0.2, -0.15) is 5.10 Å². The van der Waals surface area contributed by atoms with E-state index >= 15 is 0 Å². The van der Waals surface area contributed by atoms with Crippen LogP contribution in [0.3, 0.4) is 0 Å². The number of hydrogen-bond acceptors (Lipinski definition) is 3. The van der Waals surface area contributed by atoms with Gasteiger partial charge in [0.1, 0.15) is 12.2 Å². The van der Waals surface area contributed by atoms with Crippen LogP contribution >= 0.6 is 38.5 Å². The first kappa shape index (κ1) is 14.0. The van der Waals surface area contributed by atoms with Crippen molar-refractivity contribution in [3.63, 3.8) is 0 Å². The number of nitrogens with two attached hydrogens (primary N) is 1. The molecule has 2 N–H and O–H groups in total. The van der Waals surface area contributed by atoms with Crippen molar-refractivity contribution in [3.8, 4) is 0 Å². The van der Waals surface area contributed by atoms with Crippen LogP contribution < -0.4 is 5.73 Å². The van der Waals surface area contributed by atoms with Gasteiger partial charge in [0.05, 0.1) is 0 Å². The van der Waals surface area contributed by atoms with Crippen LogP contribution in [0.25, 0.3) is 0 Å². The highest BCUT2D eigenvalue weighted by atomic mass is 127. The second-order valence-electron chi connectivity index (χ2n) is 3.97. The van der Waals surface area contributed by atoms with Crippen molar-refractivity contribution in [2.24, 2.45) is 5.73 Å². The largest absolute Gasteiger partial charge is 0.324 e. The van der Waals surface area contributed by atoms with Gasteiger partial charge < -0.3 is 5.73 Å². The zero-order valence-electron chi connectivity index (χ0n) is 9.98. The summed E-state index contributed by atoms with van der Waals surface area (Å²) in [7, 11) is 0. The van der Waals surface area contributed by atoms with E-state index in [4.69, 9.17) is 5.73 Å². The van der Waals surface area contributed by atoms with Crippen LogP contribution in [-0.2, 0) is 13.0 Å². The van der Waals surface area contributed by atoms with Crippen LogP contribution in [0.2, 0.25) is 0 Å². The predicted octanol–water partition coefficient (Wildman–Crippen LogP) is 2.91. The van der Waals surface area contributed by atoms with Crippen molar-refractivity contribution in [1.82, 2.24) is 14.8 Å². The molecule has 6 heteroatoms. The average molecular weight is 421 g/mol. The molecule has 4 nitrogen and oxygen atoms in total. The smallest absolute Gasteiger partial charge is 0.138 e.